The Balaban J connectivity index is 2.50. The second-order valence-electron chi connectivity index (χ2n) is 2.70. The zero-order chi connectivity index (χ0) is 11.3. The van der Waals surface area contributed by atoms with Crippen LogP contribution in [0.25, 0.3) is 0 Å². The highest BCUT2D eigenvalue weighted by molar-refractivity contribution is 7.57. The molecule has 8 heteroatoms. The lowest BCUT2D eigenvalue weighted by molar-refractivity contribution is 0.338. The predicted octanol–water partition coefficient (Wildman–Crippen LogP) is 1.28. The molecular formula is C7H11NO5P2. The van der Waals surface area contributed by atoms with Crippen LogP contribution in [-0.4, -0.2) is 9.79 Å². The molecule has 0 bridgehead atoms. The van der Waals surface area contributed by atoms with E-state index in [0.29, 0.717) is 0 Å². The van der Waals surface area contributed by atoms with Gasteiger partial charge in [0.2, 0.25) is 0 Å². The molecule has 2 unspecified atom stereocenters. The van der Waals surface area contributed by atoms with Crippen LogP contribution < -0.4 is 5.09 Å². The van der Waals surface area contributed by atoms with Gasteiger partial charge in [0.25, 0.3) is 0 Å². The first-order chi connectivity index (χ1) is 6.99. The van der Waals surface area contributed by atoms with Crippen molar-refractivity contribution in [3.8, 4) is 0 Å². The first kappa shape index (κ1) is 12.6. The minimum Gasteiger partial charge on any atom is -0.326 e. The van der Waals surface area contributed by atoms with Crippen molar-refractivity contribution in [2.75, 3.05) is 0 Å². The standard InChI is InChI=1S/C7H11NO5P2/c9-14(10)13-15(11,12)8-6-7-4-2-1-3-5-7/h1-5,14H,6H2,(H,9,10)(H2,8,11,12). The summed E-state index contributed by atoms with van der Waals surface area (Å²) in [5.74, 6) is 0. The first-order valence-electron chi connectivity index (χ1n) is 4.04. The second-order valence-corrected chi connectivity index (χ2v) is 5.32. The van der Waals surface area contributed by atoms with Crippen LogP contribution in [-0.2, 0) is 20.0 Å². The van der Waals surface area contributed by atoms with Gasteiger partial charge < -0.3 is 9.79 Å². The summed E-state index contributed by atoms with van der Waals surface area (Å²) in [6, 6.07) is 8.85. The van der Waals surface area contributed by atoms with Crippen LogP contribution in [0.4, 0.5) is 0 Å². The first-order valence-corrected chi connectivity index (χ1v) is 6.88. The van der Waals surface area contributed by atoms with Crippen LogP contribution in [0.2, 0.25) is 0 Å². The van der Waals surface area contributed by atoms with E-state index in [9.17, 15) is 9.13 Å². The predicted molar refractivity (Wildman–Crippen MR) is 55.4 cm³/mol. The van der Waals surface area contributed by atoms with Gasteiger partial charge in [-0.25, -0.2) is 14.0 Å². The topological polar surface area (TPSA) is 95.9 Å². The normalized spacial score (nSPS) is 16.9. The third kappa shape index (κ3) is 5.23. The number of hydrogen-bond acceptors (Lipinski definition) is 3. The third-order valence-electron chi connectivity index (χ3n) is 1.53. The fourth-order valence-corrected chi connectivity index (χ4v) is 2.41. The molecule has 15 heavy (non-hydrogen) atoms. The largest absolute Gasteiger partial charge is 0.410 e. The number of nitrogens with one attached hydrogen (secondary N) is 1. The van der Waals surface area contributed by atoms with Crippen molar-refractivity contribution in [1.82, 2.24) is 5.09 Å². The molecule has 1 rings (SSSR count). The zero-order valence-corrected chi connectivity index (χ0v) is 9.55. The lowest BCUT2D eigenvalue weighted by Crippen LogP contribution is -2.09. The number of benzene rings is 1. The second kappa shape index (κ2) is 5.56. The van der Waals surface area contributed by atoms with Crippen molar-refractivity contribution >= 4 is 16.0 Å². The third-order valence-corrected chi connectivity index (χ3v) is 3.70. The van der Waals surface area contributed by atoms with Crippen molar-refractivity contribution in [3.63, 3.8) is 0 Å². The molecule has 0 saturated carbocycles. The monoisotopic (exact) mass is 251 g/mol. The van der Waals surface area contributed by atoms with E-state index in [2.05, 4.69) is 9.40 Å². The van der Waals surface area contributed by atoms with Gasteiger partial charge in [-0.05, 0) is 5.56 Å². The van der Waals surface area contributed by atoms with E-state index in [1.165, 1.54) is 0 Å². The fraction of sp³-hybridized carbons (Fsp3) is 0.143. The summed E-state index contributed by atoms with van der Waals surface area (Å²) >= 11 is 0. The number of rotatable bonds is 5. The molecule has 3 N–H and O–H groups in total. The van der Waals surface area contributed by atoms with Crippen LogP contribution in [0, 0.1) is 0 Å². The van der Waals surface area contributed by atoms with Gasteiger partial charge in [0.05, 0.1) is 0 Å². The van der Waals surface area contributed by atoms with Gasteiger partial charge in [0, 0.05) is 6.54 Å². The average molecular weight is 251 g/mol. The summed E-state index contributed by atoms with van der Waals surface area (Å²) in [6.45, 7) is 0.0871. The molecule has 0 amide bonds. The molecule has 0 aromatic heterocycles. The van der Waals surface area contributed by atoms with Crippen molar-refractivity contribution in [2.24, 2.45) is 0 Å². The molecule has 0 aliphatic rings. The quantitative estimate of drug-likeness (QED) is 0.682. The lowest BCUT2D eigenvalue weighted by atomic mass is 10.2. The highest BCUT2D eigenvalue weighted by atomic mass is 31.2. The van der Waals surface area contributed by atoms with E-state index in [0.717, 1.165) is 5.56 Å². The van der Waals surface area contributed by atoms with E-state index in [4.69, 9.17) is 9.79 Å². The van der Waals surface area contributed by atoms with Gasteiger partial charge in [-0.15, -0.1) is 0 Å². The Hall–Kier alpha value is -0.480. The maximum absolute atomic E-state index is 11.1. The van der Waals surface area contributed by atoms with Gasteiger partial charge in [0.1, 0.15) is 0 Å². The molecule has 1 aromatic rings. The van der Waals surface area contributed by atoms with Crippen LogP contribution in [0.3, 0.4) is 0 Å². The Kier molecular flexibility index (Phi) is 4.67. The summed E-state index contributed by atoms with van der Waals surface area (Å²) in [5, 5.41) is 2.16. The Bertz CT molecular complexity index is 382. The van der Waals surface area contributed by atoms with Crippen LogP contribution in [0.5, 0.6) is 0 Å². The maximum Gasteiger partial charge on any atom is 0.410 e. The van der Waals surface area contributed by atoms with E-state index >= 15 is 0 Å². The molecule has 0 fully saturated rings. The van der Waals surface area contributed by atoms with Crippen LogP contribution in [0.15, 0.2) is 30.3 Å². The van der Waals surface area contributed by atoms with Crippen LogP contribution >= 0.6 is 16.0 Å². The Labute approximate surface area is 87.4 Å². The zero-order valence-electron chi connectivity index (χ0n) is 7.66. The molecule has 1 aromatic carbocycles. The average Bonchev–Trinajstić information content (AvgIpc) is 2.15. The van der Waals surface area contributed by atoms with Crippen LogP contribution in [0.1, 0.15) is 5.56 Å². The maximum atomic E-state index is 11.1. The van der Waals surface area contributed by atoms with Gasteiger partial charge in [-0.3, -0.25) is 4.57 Å². The highest BCUT2D eigenvalue weighted by Gasteiger charge is 2.20. The molecule has 0 radical (unpaired) electrons. The van der Waals surface area contributed by atoms with Gasteiger partial charge in [0.15, 0.2) is 0 Å². The van der Waals surface area contributed by atoms with E-state index in [1.54, 1.807) is 24.3 Å². The lowest BCUT2D eigenvalue weighted by Gasteiger charge is -2.10. The Morgan fingerprint density at radius 1 is 1.40 bits per heavy atom. The molecular weight excluding hydrogens is 240 g/mol. The highest BCUT2D eigenvalue weighted by Crippen LogP contribution is 2.45. The molecule has 0 spiro atoms. The van der Waals surface area contributed by atoms with Gasteiger partial charge in [-0.1, -0.05) is 30.3 Å². The van der Waals surface area contributed by atoms with E-state index < -0.39 is 16.0 Å². The summed E-state index contributed by atoms with van der Waals surface area (Å²) in [6.07, 6.45) is 0. The van der Waals surface area contributed by atoms with E-state index in [-0.39, 0.29) is 6.54 Å². The Morgan fingerprint density at radius 2 is 2.00 bits per heavy atom. The van der Waals surface area contributed by atoms with Crippen molar-refractivity contribution in [1.29, 1.82) is 0 Å². The Morgan fingerprint density at radius 3 is 2.53 bits per heavy atom. The molecule has 0 saturated heterocycles. The summed E-state index contributed by atoms with van der Waals surface area (Å²) < 4.78 is 25.3. The molecule has 0 aliphatic carbocycles. The van der Waals surface area contributed by atoms with Gasteiger partial charge >= 0.3 is 16.0 Å². The fourth-order valence-electron chi connectivity index (χ4n) is 0.925. The summed E-state index contributed by atoms with van der Waals surface area (Å²) in [5.41, 5.74) is 0.771. The molecule has 84 valence electrons. The van der Waals surface area contributed by atoms with Crippen molar-refractivity contribution in [2.45, 2.75) is 6.54 Å². The van der Waals surface area contributed by atoms with Crippen molar-refractivity contribution in [3.05, 3.63) is 35.9 Å². The summed E-state index contributed by atoms with van der Waals surface area (Å²) in [7, 11) is -7.60. The van der Waals surface area contributed by atoms with Gasteiger partial charge in [-0.2, -0.15) is 0 Å². The smallest absolute Gasteiger partial charge is 0.326 e. The SMILES string of the molecule is O=[PH](O)OP(=O)(O)NCc1ccccc1. The molecule has 0 heterocycles. The molecule has 2 atom stereocenters. The van der Waals surface area contributed by atoms with E-state index in [1.807, 2.05) is 6.07 Å². The minimum atomic E-state index is -4.18. The number of hydrogen-bond donors (Lipinski definition) is 3. The molecule has 6 nitrogen and oxygen atoms in total. The minimum absolute atomic E-state index is 0.0871. The van der Waals surface area contributed by atoms with Crippen molar-refractivity contribution < 1.29 is 23.2 Å². The summed E-state index contributed by atoms with van der Waals surface area (Å²) in [4.78, 5) is 17.4. The molecule has 0 aliphatic heterocycles.